The summed E-state index contributed by atoms with van der Waals surface area (Å²) in [7, 11) is 0. The summed E-state index contributed by atoms with van der Waals surface area (Å²) in [5, 5.41) is 6.24. The number of Topliss-reactive ketones (excluding diaryl/α,β-unsaturated/α-hetero) is 1. The Morgan fingerprint density at radius 1 is 1.07 bits per heavy atom. The molecule has 1 aliphatic rings. The van der Waals surface area contributed by atoms with Gasteiger partial charge in [0, 0.05) is 35.6 Å². The normalized spacial score (nSPS) is 17.7. The number of hydrogen-bond donors (Lipinski definition) is 3. The zero-order valence-corrected chi connectivity index (χ0v) is 23.5. The van der Waals surface area contributed by atoms with Crippen LogP contribution in [0.3, 0.4) is 0 Å². The SMILES string of the molecule is CCCC[C@H](NC(=O)OC1CC(C)(C)CN1C(=O)c1ccc2[nH]ccc2c1)C(=O)C(=O)N[C@H](C)c1ccccc1. The number of amides is 3. The summed E-state index contributed by atoms with van der Waals surface area (Å²) < 4.78 is 5.73. The van der Waals surface area contributed by atoms with E-state index in [-0.39, 0.29) is 17.4 Å². The molecule has 3 atom stereocenters. The molecule has 1 aliphatic heterocycles. The molecular weight excluding hydrogens is 508 g/mol. The van der Waals surface area contributed by atoms with Gasteiger partial charge in [-0.25, -0.2) is 4.79 Å². The molecule has 3 aromatic rings. The maximum atomic E-state index is 13.5. The van der Waals surface area contributed by atoms with E-state index in [1.807, 2.05) is 75.5 Å². The molecule has 3 amide bonds. The first-order valence-electron chi connectivity index (χ1n) is 13.8. The molecule has 40 heavy (non-hydrogen) atoms. The second-order valence-corrected chi connectivity index (χ2v) is 11.3. The summed E-state index contributed by atoms with van der Waals surface area (Å²) in [5.41, 5.74) is 2.02. The molecular formula is C31H38N4O5. The van der Waals surface area contributed by atoms with Crippen LogP contribution in [0.1, 0.15) is 75.3 Å². The van der Waals surface area contributed by atoms with E-state index in [1.165, 1.54) is 0 Å². The predicted molar refractivity (Wildman–Crippen MR) is 152 cm³/mol. The van der Waals surface area contributed by atoms with E-state index in [1.54, 1.807) is 17.9 Å². The number of carbonyl (C=O) groups excluding carboxylic acids is 4. The number of ether oxygens (including phenoxy) is 1. The Labute approximate surface area is 234 Å². The second kappa shape index (κ2) is 12.4. The van der Waals surface area contributed by atoms with E-state index in [4.69, 9.17) is 4.74 Å². The number of ketones is 1. The lowest BCUT2D eigenvalue weighted by molar-refractivity contribution is -0.139. The van der Waals surface area contributed by atoms with Crippen molar-refractivity contribution in [2.45, 2.75) is 71.7 Å². The van der Waals surface area contributed by atoms with Gasteiger partial charge in [0.15, 0.2) is 6.23 Å². The number of rotatable bonds is 10. The minimum atomic E-state index is -1.04. The van der Waals surface area contributed by atoms with Gasteiger partial charge in [-0.05, 0) is 48.6 Å². The Morgan fingerprint density at radius 3 is 2.55 bits per heavy atom. The van der Waals surface area contributed by atoms with Crippen LogP contribution < -0.4 is 10.6 Å². The molecule has 4 rings (SSSR count). The van der Waals surface area contributed by atoms with Crippen molar-refractivity contribution in [3.8, 4) is 0 Å². The molecule has 1 unspecified atom stereocenters. The van der Waals surface area contributed by atoms with Crippen molar-refractivity contribution in [3.63, 3.8) is 0 Å². The number of hydrogen-bond acceptors (Lipinski definition) is 5. The van der Waals surface area contributed by atoms with Crippen LogP contribution in [0.2, 0.25) is 0 Å². The predicted octanol–water partition coefficient (Wildman–Crippen LogP) is 5.10. The third-order valence-corrected chi connectivity index (χ3v) is 7.30. The van der Waals surface area contributed by atoms with E-state index in [2.05, 4.69) is 15.6 Å². The fourth-order valence-electron chi connectivity index (χ4n) is 5.10. The van der Waals surface area contributed by atoms with E-state index in [0.717, 1.165) is 22.9 Å². The number of alkyl carbamates (subject to hydrolysis) is 1. The number of unbranched alkanes of at least 4 members (excludes halogenated alkanes) is 1. The highest BCUT2D eigenvalue weighted by atomic mass is 16.6. The number of fused-ring (bicyclic) bond motifs is 1. The van der Waals surface area contributed by atoms with Crippen molar-refractivity contribution >= 4 is 34.6 Å². The van der Waals surface area contributed by atoms with Gasteiger partial charge in [0.05, 0.1) is 6.04 Å². The minimum Gasteiger partial charge on any atom is -0.425 e. The maximum absolute atomic E-state index is 13.5. The Morgan fingerprint density at radius 2 is 1.82 bits per heavy atom. The molecule has 2 heterocycles. The Kier molecular flexibility index (Phi) is 8.92. The van der Waals surface area contributed by atoms with Crippen molar-refractivity contribution in [3.05, 3.63) is 71.9 Å². The molecule has 0 aliphatic carbocycles. The van der Waals surface area contributed by atoms with Crippen LogP contribution in [0.5, 0.6) is 0 Å². The Bertz CT molecular complexity index is 1370. The molecule has 0 bridgehead atoms. The van der Waals surface area contributed by atoms with Crippen LogP contribution in [0.15, 0.2) is 60.8 Å². The van der Waals surface area contributed by atoms with Gasteiger partial charge in [-0.3, -0.25) is 14.4 Å². The van der Waals surface area contributed by atoms with Gasteiger partial charge >= 0.3 is 6.09 Å². The second-order valence-electron chi connectivity index (χ2n) is 11.3. The topological polar surface area (TPSA) is 121 Å². The average molecular weight is 547 g/mol. The number of aromatic amines is 1. The van der Waals surface area contributed by atoms with Crippen LogP contribution in [0.4, 0.5) is 4.79 Å². The third kappa shape index (κ3) is 6.89. The molecule has 2 aromatic carbocycles. The minimum absolute atomic E-state index is 0.237. The maximum Gasteiger partial charge on any atom is 0.409 e. The number of aromatic nitrogens is 1. The number of benzene rings is 2. The molecule has 0 radical (unpaired) electrons. The number of carbonyl (C=O) groups is 4. The molecule has 1 saturated heterocycles. The van der Waals surface area contributed by atoms with Crippen LogP contribution in [-0.2, 0) is 14.3 Å². The van der Waals surface area contributed by atoms with Crippen LogP contribution >= 0.6 is 0 Å². The molecule has 9 nitrogen and oxygen atoms in total. The number of likely N-dealkylation sites (tertiary alicyclic amines) is 1. The van der Waals surface area contributed by atoms with Gasteiger partial charge in [0.25, 0.3) is 11.8 Å². The zero-order chi connectivity index (χ0) is 28.9. The van der Waals surface area contributed by atoms with Crippen molar-refractivity contribution in [1.82, 2.24) is 20.5 Å². The van der Waals surface area contributed by atoms with Crippen molar-refractivity contribution in [2.75, 3.05) is 6.54 Å². The molecule has 0 spiro atoms. The highest BCUT2D eigenvalue weighted by molar-refractivity contribution is 6.38. The van der Waals surface area contributed by atoms with Crippen LogP contribution in [0.25, 0.3) is 10.9 Å². The van der Waals surface area contributed by atoms with Gasteiger partial charge in [-0.1, -0.05) is 63.9 Å². The highest BCUT2D eigenvalue weighted by Gasteiger charge is 2.43. The van der Waals surface area contributed by atoms with E-state index < -0.39 is 30.1 Å². The van der Waals surface area contributed by atoms with Gasteiger partial charge < -0.3 is 25.3 Å². The van der Waals surface area contributed by atoms with Gasteiger partial charge in [0.1, 0.15) is 6.04 Å². The largest absolute Gasteiger partial charge is 0.425 e. The van der Waals surface area contributed by atoms with E-state index in [9.17, 15) is 19.2 Å². The number of nitrogens with one attached hydrogen (secondary N) is 3. The molecule has 0 saturated carbocycles. The van der Waals surface area contributed by atoms with Crippen LogP contribution in [0, 0.1) is 5.41 Å². The first kappa shape index (κ1) is 28.9. The molecule has 212 valence electrons. The number of nitrogens with zero attached hydrogens (tertiary/aromatic N) is 1. The summed E-state index contributed by atoms with van der Waals surface area (Å²) in [6.45, 7) is 8.19. The standard InChI is InChI=1S/C31H38N4O5/c1-5-6-12-25(27(36)28(37)33-20(2)21-10-8-7-9-11-21)34-30(39)40-26-18-31(3,4)19-35(26)29(38)23-13-14-24-22(17-23)15-16-32-24/h7-11,13-17,20,25-26,32H,5-6,12,18-19H2,1-4H3,(H,33,37)(H,34,39)/t20-,25+,26?/m1/s1. The zero-order valence-electron chi connectivity index (χ0n) is 23.5. The molecule has 9 heteroatoms. The van der Waals surface area contributed by atoms with Crippen molar-refractivity contribution < 1.29 is 23.9 Å². The fraction of sp³-hybridized carbons (Fsp3) is 0.419. The summed E-state index contributed by atoms with van der Waals surface area (Å²) in [5.74, 6) is -1.73. The monoisotopic (exact) mass is 546 g/mol. The Hall–Kier alpha value is -4.14. The summed E-state index contributed by atoms with van der Waals surface area (Å²) >= 11 is 0. The summed E-state index contributed by atoms with van der Waals surface area (Å²) in [6.07, 6.45) is 2.34. The summed E-state index contributed by atoms with van der Waals surface area (Å²) in [4.78, 5) is 57.1. The fourth-order valence-corrected chi connectivity index (χ4v) is 5.10. The first-order chi connectivity index (χ1) is 19.1. The molecule has 3 N–H and O–H groups in total. The Balaban J connectivity index is 1.43. The molecule has 1 aromatic heterocycles. The lowest BCUT2D eigenvalue weighted by Gasteiger charge is -2.26. The van der Waals surface area contributed by atoms with E-state index >= 15 is 0 Å². The van der Waals surface area contributed by atoms with E-state index in [0.29, 0.717) is 31.4 Å². The first-order valence-corrected chi connectivity index (χ1v) is 13.8. The van der Waals surface area contributed by atoms with Gasteiger partial charge in [-0.15, -0.1) is 0 Å². The average Bonchev–Trinajstić information content (AvgIpc) is 3.53. The van der Waals surface area contributed by atoms with Crippen LogP contribution in [-0.4, -0.2) is 52.4 Å². The molecule has 1 fully saturated rings. The lowest BCUT2D eigenvalue weighted by Crippen LogP contribution is -2.49. The third-order valence-electron chi connectivity index (χ3n) is 7.30. The quantitative estimate of drug-likeness (QED) is 0.306. The summed E-state index contributed by atoms with van der Waals surface area (Å²) in [6, 6.07) is 15.2. The van der Waals surface area contributed by atoms with Crippen molar-refractivity contribution in [2.24, 2.45) is 5.41 Å². The highest BCUT2D eigenvalue weighted by Crippen LogP contribution is 2.35. The lowest BCUT2D eigenvalue weighted by atomic mass is 9.93. The van der Waals surface area contributed by atoms with Gasteiger partial charge in [0.2, 0.25) is 5.78 Å². The smallest absolute Gasteiger partial charge is 0.409 e. The van der Waals surface area contributed by atoms with Crippen molar-refractivity contribution in [1.29, 1.82) is 0 Å². The number of H-pyrrole nitrogens is 1. The van der Waals surface area contributed by atoms with Gasteiger partial charge in [-0.2, -0.15) is 0 Å².